The van der Waals surface area contributed by atoms with Gasteiger partial charge in [-0.2, -0.15) is 0 Å². The third-order valence-electron chi connectivity index (χ3n) is 2.22. The second kappa shape index (κ2) is 5.60. The summed E-state index contributed by atoms with van der Waals surface area (Å²) in [7, 11) is 0. The monoisotopic (exact) mass is 208 g/mol. The molecule has 0 aromatic rings. The van der Waals surface area contributed by atoms with Crippen LogP contribution in [0.5, 0.6) is 0 Å². The number of alkyl halides is 1. The Bertz CT molecular complexity index is 167. The first-order valence-corrected chi connectivity index (χ1v) is 4.90. The van der Waals surface area contributed by atoms with E-state index in [9.17, 15) is 9.50 Å². The maximum absolute atomic E-state index is 12.9. The Morgan fingerprint density at radius 3 is 2.64 bits per heavy atom. The van der Waals surface area contributed by atoms with E-state index in [1.165, 1.54) is 0 Å². The number of hydrogen-bond acceptors (Lipinski definition) is 4. The van der Waals surface area contributed by atoms with Gasteiger partial charge >= 0.3 is 0 Å². The molecule has 0 radical (unpaired) electrons. The molecule has 0 saturated carbocycles. The Balaban J connectivity index is 2.19. The van der Waals surface area contributed by atoms with Crippen LogP contribution in [0.15, 0.2) is 0 Å². The van der Waals surface area contributed by atoms with Crippen molar-refractivity contribution in [3.05, 3.63) is 0 Å². The Morgan fingerprint density at radius 1 is 1.43 bits per heavy atom. The van der Waals surface area contributed by atoms with Crippen LogP contribution in [0.2, 0.25) is 0 Å². The van der Waals surface area contributed by atoms with Gasteiger partial charge < -0.3 is 19.7 Å². The van der Waals surface area contributed by atoms with E-state index < -0.39 is 24.7 Å². The highest BCUT2D eigenvalue weighted by Gasteiger charge is 2.43. The van der Waals surface area contributed by atoms with Gasteiger partial charge in [0.15, 0.2) is 12.5 Å². The predicted octanol–water partition coefficient (Wildman–Crippen LogP) is 0.219. The van der Waals surface area contributed by atoms with Crippen LogP contribution in [0.3, 0.4) is 0 Å². The van der Waals surface area contributed by atoms with Crippen molar-refractivity contribution in [1.29, 1.82) is 0 Å². The highest BCUT2D eigenvalue weighted by Crippen LogP contribution is 2.22. The van der Waals surface area contributed by atoms with Crippen LogP contribution in [0, 0.1) is 0 Å². The number of hydrogen-bond donors (Lipinski definition) is 2. The summed E-state index contributed by atoms with van der Waals surface area (Å²) in [5, 5.41) is 18.2. The van der Waals surface area contributed by atoms with E-state index in [2.05, 4.69) is 0 Å². The maximum atomic E-state index is 12.9. The van der Waals surface area contributed by atoms with Crippen molar-refractivity contribution in [2.45, 2.75) is 44.4 Å². The van der Waals surface area contributed by atoms with Crippen LogP contribution in [-0.4, -0.2) is 48.1 Å². The van der Waals surface area contributed by atoms with E-state index in [-0.39, 0.29) is 6.61 Å². The fraction of sp³-hybridized carbons (Fsp3) is 1.00. The van der Waals surface area contributed by atoms with Crippen molar-refractivity contribution >= 4 is 0 Å². The van der Waals surface area contributed by atoms with Gasteiger partial charge in [-0.1, -0.05) is 13.3 Å². The molecule has 1 unspecified atom stereocenters. The summed E-state index contributed by atoms with van der Waals surface area (Å²) in [6.07, 6.45) is -3.35. The predicted molar refractivity (Wildman–Crippen MR) is 47.5 cm³/mol. The number of ether oxygens (including phenoxy) is 2. The van der Waals surface area contributed by atoms with Crippen LogP contribution in [-0.2, 0) is 9.47 Å². The molecule has 84 valence electrons. The molecule has 14 heavy (non-hydrogen) atoms. The first-order chi connectivity index (χ1) is 6.66. The number of rotatable bonds is 5. The average Bonchev–Trinajstić information content (AvgIpc) is 2.41. The van der Waals surface area contributed by atoms with E-state index in [1.807, 2.05) is 6.92 Å². The highest BCUT2D eigenvalue weighted by molar-refractivity contribution is 4.85. The van der Waals surface area contributed by atoms with E-state index >= 15 is 0 Å². The van der Waals surface area contributed by atoms with Crippen LogP contribution in [0.4, 0.5) is 4.39 Å². The molecule has 0 aliphatic carbocycles. The smallest absolute Gasteiger partial charge is 0.189 e. The van der Waals surface area contributed by atoms with E-state index in [1.54, 1.807) is 0 Å². The molecule has 0 amide bonds. The lowest BCUT2D eigenvalue weighted by molar-refractivity contribution is -0.126. The molecule has 0 bridgehead atoms. The molecule has 1 aliphatic rings. The number of aliphatic hydroxyl groups excluding tert-OH is 2. The summed E-state index contributed by atoms with van der Waals surface area (Å²) in [5.74, 6) is 0. The standard InChI is InChI=1S/C9H17FO4/c1-2-3-4-13-5-6-8(11)7(10)9(12)14-6/h6-9,11-12H,2-5H2,1H3/t6-,7-,8?,9-/m1/s1. The molecule has 1 fully saturated rings. The zero-order valence-corrected chi connectivity index (χ0v) is 8.23. The first kappa shape index (κ1) is 11.8. The molecular weight excluding hydrogens is 191 g/mol. The molecule has 1 saturated heterocycles. The molecule has 0 aromatic heterocycles. The normalized spacial score (nSPS) is 37.7. The largest absolute Gasteiger partial charge is 0.387 e. The quantitative estimate of drug-likeness (QED) is 0.634. The lowest BCUT2D eigenvalue weighted by Crippen LogP contribution is -2.31. The summed E-state index contributed by atoms with van der Waals surface area (Å²) < 4.78 is 22.8. The summed E-state index contributed by atoms with van der Waals surface area (Å²) in [6, 6.07) is 0. The third-order valence-corrected chi connectivity index (χ3v) is 2.22. The second-order valence-electron chi connectivity index (χ2n) is 3.43. The Kier molecular flexibility index (Phi) is 4.74. The zero-order chi connectivity index (χ0) is 10.6. The van der Waals surface area contributed by atoms with E-state index in [4.69, 9.17) is 14.6 Å². The second-order valence-corrected chi connectivity index (χ2v) is 3.43. The van der Waals surface area contributed by atoms with Crippen molar-refractivity contribution in [2.75, 3.05) is 13.2 Å². The summed E-state index contributed by atoms with van der Waals surface area (Å²) in [4.78, 5) is 0. The zero-order valence-electron chi connectivity index (χ0n) is 8.23. The van der Waals surface area contributed by atoms with Gasteiger partial charge in [0.05, 0.1) is 6.61 Å². The molecule has 1 heterocycles. The van der Waals surface area contributed by atoms with Gasteiger partial charge in [-0.3, -0.25) is 0 Å². The van der Waals surface area contributed by atoms with Crippen molar-refractivity contribution in [1.82, 2.24) is 0 Å². The minimum Gasteiger partial charge on any atom is -0.387 e. The summed E-state index contributed by atoms with van der Waals surface area (Å²) in [6.45, 7) is 2.72. The molecule has 1 rings (SSSR count). The van der Waals surface area contributed by atoms with Gasteiger partial charge in [0.1, 0.15) is 12.2 Å². The highest BCUT2D eigenvalue weighted by atomic mass is 19.1. The van der Waals surface area contributed by atoms with Gasteiger partial charge in [0.25, 0.3) is 0 Å². The molecule has 2 N–H and O–H groups in total. The van der Waals surface area contributed by atoms with Gasteiger partial charge in [-0.25, -0.2) is 4.39 Å². The summed E-state index contributed by atoms with van der Waals surface area (Å²) in [5.41, 5.74) is 0. The molecule has 5 heteroatoms. The lowest BCUT2D eigenvalue weighted by atomic mass is 10.2. The first-order valence-electron chi connectivity index (χ1n) is 4.90. The lowest BCUT2D eigenvalue weighted by Gasteiger charge is -2.13. The minimum absolute atomic E-state index is 0.124. The third kappa shape index (κ3) is 2.88. The van der Waals surface area contributed by atoms with Gasteiger partial charge in [-0.15, -0.1) is 0 Å². The van der Waals surface area contributed by atoms with Gasteiger partial charge in [0.2, 0.25) is 0 Å². The molecule has 4 nitrogen and oxygen atoms in total. The average molecular weight is 208 g/mol. The van der Waals surface area contributed by atoms with E-state index in [0.717, 1.165) is 12.8 Å². The number of halogens is 1. The molecule has 4 atom stereocenters. The fourth-order valence-corrected chi connectivity index (χ4v) is 1.29. The van der Waals surface area contributed by atoms with Crippen molar-refractivity contribution < 1.29 is 24.1 Å². The van der Waals surface area contributed by atoms with E-state index in [0.29, 0.717) is 6.61 Å². The van der Waals surface area contributed by atoms with Crippen molar-refractivity contribution in [2.24, 2.45) is 0 Å². The fourth-order valence-electron chi connectivity index (χ4n) is 1.29. The summed E-state index contributed by atoms with van der Waals surface area (Å²) >= 11 is 0. The molecule has 1 aliphatic heterocycles. The Hall–Kier alpha value is -0.230. The maximum Gasteiger partial charge on any atom is 0.189 e. The molecule has 0 spiro atoms. The van der Waals surface area contributed by atoms with Crippen molar-refractivity contribution in [3.63, 3.8) is 0 Å². The van der Waals surface area contributed by atoms with Crippen LogP contribution in [0.25, 0.3) is 0 Å². The topological polar surface area (TPSA) is 58.9 Å². The molecular formula is C9H17FO4. The SMILES string of the molecule is CCCCOC[C@H]1O[C@@H](O)[C@H](F)C1O. The van der Waals surface area contributed by atoms with Gasteiger partial charge in [0, 0.05) is 6.61 Å². The Labute approximate surface area is 82.6 Å². The molecule has 0 aromatic carbocycles. The van der Waals surface area contributed by atoms with Crippen molar-refractivity contribution in [3.8, 4) is 0 Å². The number of unbranched alkanes of at least 4 members (excludes halogenated alkanes) is 1. The van der Waals surface area contributed by atoms with Crippen LogP contribution in [0.1, 0.15) is 19.8 Å². The van der Waals surface area contributed by atoms with Crippen LogP contribution < -0.4 is 0 Å². The van der Waals surface area contributed by atoms with Gasteiger partial charge in [-0.05, 0) is 6.42 Å². The number of aliphatic hydroxyl groups is 2. The minimum atomic E-state index is -1.73. The van der Waals surface area contributed by atoms with Crippen LogP contribution >= 0.6 is 0 Å². The Morgan fingerprint density at radius 2 is 2.14 bits per heavy atom.